The molecule has 1 aliphatic heterocycles. The summed E-state index contributed by atoms with van der Waals surface area (Å²) in [6, 6.07) is 19.9. The monoisotopic (exact) mass is 474 g/mol. The summed E-state index contributed by atoms with van der Waals surface area (Å²) in [6.07, 6.45) is 4.58. The summed E-state index contributed by atoms with van der Waals surface area (Å²) in [5, 5.41) is 16.8. The molecule has 0 bridgehead atoms. The van der Waals surface area contributed by atoms with Crippen molar-refractivity contribution in [1.82, 2.24) is 4.90 Å². The Kier molecular flexibility index (Phi) is 6.67. The first-order valence-electron chi connectivity index (χ1n) is 12.5. The Balaban J connectivity index is 1.44. The highest BCUT2D eigenvalue weighted by Gasteiger charge is 2.49. The molecule has 0 spiro atoms. The van der Waals surface area contributed by atoms with Crippen molar-refractivity contribution in [3.8, 4) is 11.5 Å². The zero-order valence-electron chi connectivity index (χ0n) is 20.5. The topological polar surface area (TPSA) is 71.0 Å². The van der Waals surface area contributed by atoms with E-state index in [0.29, 0.717) is 24.5 Å². The molecule has 2 fully saturated rings. The van der Waals surface area contributed by atoms with E-state index in [1.54, 1.807) is 14.2 Å². The van der Waals surface area contributed by atoms with Crippen molar-refractivity contribution < 1.29 is 19.4 Å². The Morgan fingerprint density at radius 1 is 1.03 bits per heavy atom. The van der Waals surface area contributed by atoms with E-state index in [9.17, 15) is 9.90 Å². The molecule has 1 saturated heterocycles. The number of amides is 1. The lowest BCUT2D eigenvalue weighted by atomic mass is 9.66. The highest BCUT2D eigenvalue weighted by Crippen LogP contribution is 2.50. The van der Waals surface area contributed by atoms with Gasteiger partial charge in [0, 0.05) is 29.6 Å². The van der Waals surface area contributed by atoms with Crippen LogP contribution in [0.5, 0.6) is 11.5 Å². The largest absolute Gasteiger partial charge is 0.493 e. The van der Waals surface area contributed by atoms with Crippen LogP contribution < -0.4 is 14.8 Å². The Morgan fingerprint density at radius 2 is 1.83 bits per heavy atom. The lowest BCUT2D eigenvalue weighted by Gasteiger charge is -2.52. The van der Waals surface area contributed by atoms with Gasteiger partial charge in [-0.2, -0.15) is 0 Å². The van der Waals surface area contributed by atoms with Crippen molar-refractivity contribution in [1.29, 1.82) is 0 Å². The lowest BCUT2D eigenvalue weighted by molar-refractivity contribution is -0.135. The van der Waals surface area contributed by atoms with Crippen LogP contribution in [0.4, 0.5) is 5.69 Å². The predicted molar refractivity (Wildman–Crippen MR) is 138 cm³/mol. The fourth-order valence-electron chi connectivity index (χ4n) is 6.11. The third-order valence-electron chi connectivity index (χ3n) is 7.83. The number of rotatable bonds is 6. The van der Waals surface area contributed by atoms with Crippen LogP contribution in [-0.2, 0) is 4.79 Å². The standard InChI is InChI=1S/C29H34N2O4/c1-34-25-14-13-21(18-26(25)35-2)28-23-11-5-6-15-29(23,33)16-17-31(28)19-27(32)30-24-12-7-9-20-8-3-4-10-22(20)24/h3-4,7-10,12-14,18,23,28,33H,5-6,11,15-17,19H2,1-2H3,(H,30,32)/t23-,28-,29-/m0/s1. The molecule has 0 aromatic heterocycles. The molecule has 2 aliphatic rings. The third kappa shape index (κ3) is 4.60. The molecule has 3 aromatic rings. The van der Waals surface area contributed by atoms with Crippen molar-refractivity contribution in [3.05, 3.63) is 66.2 Å². The van der Waals surface area contributed by atoms with Crippen LogP contribution in [0.1, 0.15) is 43.7 Å². The fourth-order valence-corrected chi connectivity index (χ4v) is 6.11. The molecule has 2 N–H and O–H groups in total. The average molecular weight is 475 g/mol. The normalized spacial score (nSPS) is 24.5. The summed E-state index contributed by atoms with van der Waals surface area (Å²) < 4.78 is 11.0. The van der Waals surface area contributed by atoms with Gasteiger partial charge in [0.25, 0.3) is 0 Å². The summed E-state index contributed by atoms with van der Waals surface area (Å²) in [7, 11) is 3.26. The molecule has 5 rings (SSSR count). The van der Waals surface area contributed by atoms with E-state index in [1.165, 1.54) is 0 Å². The Hall–Kier alpha value is -3.09. The van der Waals surface area contributed by atoms with Crippen LogP contribution >= 0.6 is 0 Å². The molecular formula is C29H34N2O4. The molecule has 35 heavy (non-hydrogen) atoms. The number of hydrogen-bond donors (Lipinski definition) is 2. The molecule has 6 heteroatoms. The summed E-state index contributed by atoms with van der Waals surface area (Å²) in [6.45, 7) is 0.920. The molecule has 0 radical (unpaired) electrons. The highest BCUT2D eigenvalue weighted by atomic mass is 16.5. The second-order valence-electron chi connectivity index (χ2n) is 9.81. The van der Waals surface area contributed by atoms with Gasteiger partial charge in [-0.1, -0.05) is 55.3 Å². The van der Waals surface area contributed by atoms with Gasteiger partial charge in [-0.05, 0) is 48.4 Å². The maximum absolute atomic E-state index is 13.3. The van der Waals surface area contributed by atoms with Gasteiger partial charge in [0.05, 0.1) is 26.4 Å². The third-order valence-corrected chi connectivity index (χ3v) is 7.83. The number of methoxy groups -OCH3 is 2. The number of nitrogens with zero attached hydrogens (tertiary/aromatic N) is 1. The smallest absolute Gasteiger partial charge is 0.238 e. The summed E-state index contributed by atoms with van der Waals surface area (Å²) in [5.74, 6) is 1.35. The Bertz CT molecular complexity index is 1210. The minimum atomic E-state index is -0.696. The van der Waals surface area contributed by atoms with E-state index < -0.39 is 5.60 Å². The molecule has 1 aliphatic carbocycles. The minimum Gasteiger partial charge on any atom is -0.493 e. The molecule has 3 atom stereocenters. The Labute approximate surface area is 206 Å². The maximum Gasteiger partial charge on any atom is 0.238 e. The van der Waals surface area contributed by atoms with E-state index in [0.717, 1.165) is 47.7 Å². The molecular weight excluding hydrogens is 440 g/mol. The summed E-state index contributed by atoms with van der Waals surface area (Å²) in [4.78, 5) is 15.5. The first-order valence-corrected chi connectivity index (χ1v) is 12.5. The minimum absolute atomic E-state index is 0.0481. The van der Waals surface area contributed by atoms with Crippen LogP contribution in [0.3, 0.4) is 0 Å². The van der Waals surface area contributed by atoms with Crippen molar-refractivity contribution in [3.63, 3.8) is 0 Å². The van der Waals surface area contributed by atoms with E-state index in [4.69, 9.17) is 9.47 Å². The fraction of sp³-hybridized carbons (Fsp3) is 0.414. The quantitative estimate of drug-likeness (QED) is 0.516. The van der Waals surface area contributed by atoms with Gasteiger partial charge in [-0.15, -0.1) is 0 Å². The van der Waals surface area contributed by atoms with Gasteiger partial charge >= 0.3 is 0 Å². The number of hydrogen-bond acceptors (Lipinski definition) is 5. The van der Waals surface area contributed by atoms with E-state index >= 15 is 0 Å². The number of likely N-dealkylation sites (tertiary alicyclic amines) is 1. The number of anilines is 1. The second kappa shape index (κ2) is 9.88. The molecule has 184 valence electrons. The zero-order chi connectivity index (χ0) is 24.4. The lowest BCUT2D eigenvalue weighted by Crippen LogP contribution is -2.56. The van der Waals surface area contributed by atoms with Crippen molar-refractivity contribution in [2.24, 2.45) is 5.92 Å². The van der Waals surface area contributed by atoms with Crippen LogP contribution in [0.15, 0.2) is 60.7 Å². The number of nitrogens with one attached hydrogen (secondary N) is 1. The number of aliphatic hydroxyl groups is 1. The van der Waals surface area contributed by atoms with E-state index in [1.807, 2.05) is 60.7 Å². The summed E-state index contributed by atoms with van der Waals surface area (Å²) >= 11 is 0. The molecule has 0 unspecified atom stereocenters. The highest BCUT2D eigenvalue weighted by molar-refractivity contribution is 6.02. The number of ether oxygens (including phenoxy) is 2. The average Bonchev–Trinajstić information content (AvgIpc) is 2.88. The zero-order valence-corrected chi connectivity index (χ0v) is 20.5. The van der Waals surface area contributed by atoms with Crippen LogP contribution in [0.25, 0.3) is 10.8 Å². The number of benzene rings is 3. The van der Waals surface area contributed by atoms with Crippen LogP contribution in [0, 0.1) is 5.92 Å². The van der Waals surface area contributed by atoms with Gasteiger partial charge in [0.15, 0.2) is 11.5 Å². The van der Waals surface area contributed by atoms with Gasteiger partial charge in [0.2, 0.25) is 5.91 Å². The van der Waals surface area contributed by atoms with E-state index in [-0.39, 0.29) is 24.4 Å². The number of carbonyl (C=O) groups is 1. The molecule has 3 aromatic carbocycles. The molecule has 1 amide bonds. The number of fused-ring (bicyclic) bond motifs is 2. The van der Waals surface area contributed by atoms with Gasteiger partial charge in [0.1, 0.15) is 0 Å². The second-order valence-corrected chi connectivity index (χ2v) is 9.81. The number of carbonyl (C=O) groups excluding carboxylic acids is 1. The maximum atomic E-state index is 13.3. The first-order chi connectivity index (χ1) is 17.0. The molecule has 6 nitrogen and oxygen atoms in total. The van der Waals surface area contributed by atoms with E-state index in [2.05, 4.69) is 10.2 Å². The SMILES string of the molecule is COc1ccc([C@H]2[C@@H]3CCCC[C@]3(O)CCN2CC(=O)Nc2cccc3ccccc23)cc1OC. The first kappa shape index (κ1) is 23.6. The van der Waals surface area contributed by atoms with Crippen LogP contribution in [-0.4, -0.2) is 48.8 Å². The van der Waals surface area contributed by atoms with Crippen molar-refractivity contribution in [2.45, 2.75) is 43.7 Å². The molecule has 1 heterocycles. The Morgan fingerprint density at radius 3 is 2.66 bits per heavy atom. The van der Waals surface area contributed by atoms with Gasteiger partial charge in [-0.3, -0.25) is 9.69 Å². The van der Waals surface area contributed by atoms with Crippen molar-refractivity contribution in [2.75, 3.05) is 32.6 Å². The predicted octanol–water partition coefficient (Wildman–Crippen LogP) is 5.16. The molecule has 1 saturated carbocycles. The number of piperidine rings is 1. The van der Waals surface area contributed by atoms with Crippen LogP contribution in [0.2, 0.25) is 0 Å². The summed E-state index contributed by atoms with van der Waals surface area (Å²) in [5.41, 5.74) is 1.17. The van der Waals surface area contributed by atoms with Gasteiger partial charge in [-0.25, -0.2) is 0 Å². The van der Waals surface area contributed by atoms with Gasteiger partial charge < -0.3 is 19.9 Å². The van der Waals surface area contributed by atoms with Crippen molar-refractivity contribution >= 4 is 22.4 Å².